The number of thiophene rings is 1. The predicted molar refractivity (Wildman–Crippen MR) is 93.9 cm³/mol. The normalized spacial score (nSPS) is 17.5. The Balaban J connectivity index is 1.65. The first-order chi connectivity index (χ1) is 11.0. The summed E-state index contributed by atoms with van der Waals surface area (Å²) in [5, 5.41) is 0.274. The number of sulfonamides is 1. The second-order valence-electron chi connectivity index (χ2n) is 5.47. The fraction of sp³-hybridized carbons (Fsp3) is 0.333. The molecule has 8 heteroatoms. The molecule has 0 saturated carbocycles. The quantitative estimate of drug-likeness (QED) is 0.867. The maximum atomic E-state index is 12.7. The van der Waals surface area contributed by atoms with Crippen molar-refractivity contribution in [2.45, 2.75) is 11.4 Å². The summed E-state index contributed by atoms with van der Waals surface area (Å²) < 4.78 is 27.7. The molecule has 0 bridgehead atoms. The van der Waals surface area contributed by atoms with Crippen LogP contribution in [0.3, 0.4) is 0 Å². The van der Waals surface area contributed by atoms with Gasteiger partial charge in [0, 0.05) is 0 Å². The van der Waals surface area contributed by atoms with E-state index in [1.807, 2.05) is 12.1 Å². The van der Waals surface area contributed by atoms with Gasteiger partial charge in [0.2, 0.25) is 10.0 Å². The minimum Gasteiger partial charge on any atom is -0.328 e. The first kappa shape index (κ1) is 17.2. The van der Waals surface area contributed by atoms with Gasteiger partial charge in [0.1, 0.15) is 11.4 Å². The lowest BCUT2D eigenvalue weighted by Crippen LogP contribution is -3.13. The SMILES string of the molecule is O=S(=O)(c1ccccc1Cl)N1CC[NH+](Cc2ccc(Cl)s2)CC1. The third-order valence-electron chi connectivity index (χ3n) is 3.94. The van der Waals surface area contributed by atoms with Crippen LogP contribution < -0.4 is 4.90 Å². The van der Waals surface area contributed by atoms with Crippen molar-refractivity contribution in [3.63, 3.8) is 0 Å². The van der Waals surface area contributed by atoms with E-state index in [1.165, 1.54) is 14.1 Å². The van der Waals surface area contributed by atoms with Crippen LogP contribution in [0.25, 0.3) is 0 Å². The Morgan fingerprint density at radius 1 is 1.09 bits per heavy atom. The van der Waals surface area contributed by atoms with E-state index in [2.05, 4.69) is 0 Å². The van der Waals surface area contributed by atoms with E-state index in [1.54, 1.807) is 35.6 Å². The number of benzene rings is 1. The van der Waals surface area contributed by atoms with Crippen LogP contribution in [0.2, 0.25) is 9.36 Å². The number of piperazine rings is 1. The van der Waals surface area contributed by atoms with Crippen molar-refractivity contribution in [2.75, 3.05) is 26.2 Å². The molecule has 1 aromatic heterocycles. The highest BCUT2D eigenvalue weighted by Gasteiger charge is 2.31. The molecule has 124 valence electrons. The molecule has 1 fully saturated rings. The Hall–Kier alpha value is -0.630. The van der Waals surface area contributed by atoms with Crippen LogP contribution >= 0.6 is 34.5 Å². The Bertz CT molecular complexity index is 784. The lowest BCUT2D eigenvalue weighted by molar-refractivity contribution is -0.917. The smallest absolute Gasteiger partial charge is 0.244 e. The third kappa shape index (κ3) is 3.90. The summed E-state index contributed by atoms with van der Waals surface area (Å²) in [5.74, 6) is 0. The van der Waals surface area contributed by atoms with E-state index in [0.29, 0.717) is 13.1 Å². The lowest BCUT2D eigenvalue weighted by Gasteiger charge is -2.31. The van der Waals surface area contributed by atoms with Gasteiger partial charge in [-0.2, -0.15) is 4.31 Å². The van der Waals surface area contributed by atoms with Crippen LogP contribution in [0, 0.1) is 0 Å². The zero-order valence-corrected chi connectivity index (χ0v) is 15.5. The van der Waals surface area contributed by atoms with E-state index in [4.69, 9.17) is 23.2 Å². The first-order valence-electron chi connectivity index (χ1n) is 7.29. The third-order valence-corrected chi connectivity index (χ3v) is 7.57. The van der Waals surface area contributed by atoms with Crippen molar-refractivity contribution < 1.29 is 13.3 Å². The molecule has 4 nitrogen and oxygen atoms in total. The maximum Gasteiger partial charge on any atom is 0.244 e. The molecular weight excluding hydrogens is 375 g/mol. The largest absolute Gasteiger partial charge is 0.328 e. The number of halogens is 2. The number of nitrogens with one attached hydrogen (secondary N) is 1. The molecule has 3 rings (SSSR count). The molecular formula is C15H17Cl2N2O2S2+. The van der Waals surface area contributed by atoms with E-state index in [-0.39, 0.29) is 9.92 Å². The van der Waals surface area contributed by atoms with Gasteiger partial charge in [-0.3, -0.25) is 0 Å². The van der Waals surface area contributed by atoms with E-state index >= 15 is 0 Å². The molecule has 1 N–H and O–H groups in total. The highest BCUT2D eigenvalue weighted by atomic mass is 35.5. The minimum atomic E-state index is -3.52. The summed E-state index contributed by atoms with van der Waals surface area (Å²) in [6.45, 7) is 3.44. The van der Waals surface area contributed by atoms with Crippen molar-refractivity contribution in [3.8, 4) is 0 Å². The average molecular weight is 392 g/mol. The summed E-state index contributed by atoms with van der Waals surface area (Å²) in [7, 11) is -3.52. The molecule has 2 heterocycles. The van der Waals surface area contributed by atoms with Gasteiger partial charge in [-0.05, 0) is 24.3 Å². The fourth-order valence-corrected chi connectivity index (χ4v) is 5.80. The first-order valence-corrected chi connectivity index (χ1v) is 10.3. The zero-order chi connectivity index (χ0) is 16.4. The number of nitrogens with zero attached hydrogens (tertiary/aromatic N) is 1. The van der Waals surface area contributed by atoms with Gasteiger partial charge >= 0.3 is 0 Å². The van der Waals surface area contributed by atoms with Gasteiger partial charge < -0.3 is 4.90 Å². The van der Waals surface area contributed by atoms with E-state index in [9.17, 15) is 8.42 Å². The van der Waals surface area contributed by atoms with Crippen molar-refractivity contribution in [1.29, 1.82) is 0 Å². The van der Waals surface area contributed by atoms with Crippen molar-refractivity contribution in [2.24, 2.45) is 0 Å². The highest BCUT2D eigenvalue weighted by Crippen LogP contribution is 2.24. The summed E-state index contributed by atoms with van der Waals surface area (Å²) in [5.41, 5.74) is 0. The maximum absolute atomic E-state index is 12.7. The van der Waals surface area contributed by atoms with Crippen molar-refractivity contribution >= 4 is 44.6 Å². The van der Waals surface area contributed by atoms with Gasteiger partial charge in [0.05, 0.1) is 40.4 Å². The second-order valence-corrected chi connectivity index (χ2v) is 9.58. The van der Waals surface area contributed by atoms with Gasteiger partial charge in [-0.15, -0.1) is 11.3 Å². The second kappa shape index (κ2) is 7.09. The van der Waals surface area contributed by atoms with E-state index < -0.39 is 10.0 Å². The van der Waals surface area contributed by atoms with E-state index in [0.717, 1.165) is 24.0 Å². The molecule has 0 amide bonds. The zero-order valence-electron chi connectivity index (χ0n) is 12.3. The summed E-state index contributed by atoms with van der Waals surface area (Å²) in [6.07, 6.45) is 0. The summed E-state index contributed by atoms with van der Waals surface area (Å²) in [4.78, 5) is 2.79. The Morgan fingerprint density at radius 2 is 1.78 bits per heavy atom. The fourth-order valence-electron chi connectivity index (χ4n) is 2.71. The Kier molecular flexibility index (Phi) is 5.30. The Labute approximate surface area is 150 Å². The van der Waals surface area contributed by atoms with Gasteiger partial charge in [-0.25, -0.2) is 8.42 Å². The highest BCUT2D eigenvalue weighted by molar-refractivity contribution is 7.89. The molecule has 1 saturated heterocycles. The predicted octanol–water partition coefficient (Wildman–Crippen LogP) is 2.14. The number of quaternary nitrogens is 1. The summed E-state index contributed by atoms with van der Waals surface area (Å²) >= 11 is 13.6. The Morgan fingerprint density at radius 3 is 2.39 bits per heavy atom. The lowest BCUT2D eigenvalue weighted by atomic mass is 10.3. The molecule has 1 aromatic carbocycles. The molecule has 1 aliphatic heterocycles. The molecule has 1 aliphatic rings. The average Bonchev–Trinajstić information content (AvgIpc) is 2.93. The number of hydrogen-bond donors (Lipinski definition) is 1. The molecule has 0 atom stereocenters. The molecule has 0 radical (unpaired) electrons. The topological polar surface area (TPSA) is 41.8 Å². The van der Waals surface area contributed by atoms with Crippen molar-refractivity contribution in [3.05, 3.63) is 50.6 Å². The van der Waals surface area contributed by atoms with Crippen LogP contribution in [0.15, 0.2) is 41.3 Å². The van der Waals surface area contributed by atoms with Crippen LogP contribution in [0.5, 0.6) is 0 Å². The molecule has 2 aromatic rings. The molecule has 0 unspecified atom stereocenters. The standard InChI is InChI=1S/C15H16Cl2N2O2S2/c16-13-3-1-2-4-14(13)23(20,21)19-9-7-18(8-10-19)11-12-5-6-15(17)22-12/h1-6H,7-11H2/p+1. The van der Waals surface area contributed by atoms with Crippen LogP contribution in [0.1, 0.15) is 4.88 Å². The van der Waals surface area contributed by atoms with Gasteiger partial charge in [-0.1, -0.05) is 35.3 Å². The molecule has 0 aliphatic carbocycles. The van der Waals surface area contributed by atoms with Crippen LogP contribution in [-0.4, -0.2) is 38.9 Å². The molecule has 23 heavy (non-hydrogen) atoms. The van der Waals surface area contributed by atoms with Crippen LogP contribution in [-0.2, 0) is 16.6 Å². The van der Waals surface area contributed by atoms with Gasteiger partial charge in [0.15, 0.2) is 0 Å². The van der Waals surface area contributed by atoms with Gasteiger partial charge in [0.25, 0.3) is 0 Å². The number of hydrogen-bond acceptors (Lipinski definition) is 3. The molecule has 0 spiro atoms. The van der Waals surface area contributed by atoms with Crippen LogP contribution in [0.4, 0.5) is 0 Å². The summed E-state index contributed by atoms with van der Waals surface area (Å²) in [6, 6.07) is 10.5. The number of rotatable bonds is 4. The minimum absolute atomic E-state index is 0.190. The van der Waals surface area contributed by atoms with Crippen molar-refractivity contribution in [1.82, 2.24) is 4.31 Å². The monoisotopic (exact) mass is 391 g/mol.